The van der Waals surface area contributed by atoms with Gasteiger partial charge < -0.3 is 57.0 Å². The number of fused-ring (bicyclic) bond motifs is 6. The number of esters is 4. The molecule has 5 aromatic rings. The quantitative estimate of drug-likeness (QED) is 0.0785. The second-order valence-corrected chi connectivity index (χ2v) is 22.2. The second kappa shape index (κ2) is 23.2. The van der Waals surface area contributed by atoms with Crippen LogP contribution in [0.25, 0.3) is 21.5 Å². The van der Waals surface area contributed by atoms with E-state index >= 15 is 0 Å². The molecule has 0 saturated carbocycles. The van der Waals surface area contributed by atoms with Gasteiger partial charge in [0.25, 0.3) is 0 Å². The van der Waals surface area contributed by atoms with Gasteiger partial charge in [-0.25, -0.2) is 4.79 Å². The summed E-state index contributed by atoms with van der Waals surface area (Å²) in [6.45, 7) is 21.4. The largest absolute Gasteiger partial charge is 1.00 e. The monoisotopic (exact) mass is 1040 g/mol. The Morgan fingerprint density at radius 2 is 1.04 bits per heavy atom. The van der Waals surface area contributed by atoms with Gasteiger partial charge in [0.1, 0.15) is 29.2 Å². The first-order valence-electron chi connectivity index (χ1n) is 24.7. The molecule has 0 fully saturated rings. The van der Waals surface area contributed by atoms with Crippen LogP contribution in [0, 0.1) is 22.7 Å². The van der Waals surface area contributed by atoms with Crippen LogP contribution in [0.15, 0.2) is 78.9 Å². The van der Waals surface area contributed by atoms with E-state index in [1.807, 2.05) is 88.4 Å². The number of ether oxygens (including phenoxy) is 6. The van der Waals surface area contributed by atoms with Gasteiger partial charge in [-0.1, -0.05) is 120 Å². The Morgan fingerprint density at radius 3 is 1.43 bits per heavy atom. The predicted octanol–water partition coefficient (Wildman–Crippen LogP) is 7.21. The molecule has 2 aliphatic heterocycles. The Labute approximate surface area is 439 Å². The zero-order valence-electron chi connectivity index (χ0n) is 44.5. The van der Waals surface area contributed by atoms with E-state index in [-0.39, 0.29) is 65.3 Å². The Balaban J connectivity index is 0.000000327. The van der Waals surface area contributed by atoms with Gasteiger partial charge in [-0.2, -0.15) is 0 Å². The summed E-state index contributed by atoms with van der Waals surface area (Å²) in [6, 6.07) is 24.4. The molecule has 398 valence electrons. The maximum Gasteiger partial charge on any atom is 0.330 e. The third kappa shape index (κ3) is 13.7. The third-order valence-corrected chi connectivity index (χ3v) is 13.2. The van der Waals surface area contributed by atoms with Crippen LogP contribution in [0.4, 0.5) is 0 Å². The van der Waals surface area contributed by atoms with Crippen molar-refractivity contribution in [3.05, 3.63) is 95.6 Å². The van der Waals surface area contributed by atoms with Gasteiger partial charge >= 0.3 is 29.8 Å². The summed E-state index contributed by atoms with van der Waals surface area (Å²) >= 11 is 0. The highest BCUT2D eigenvalue weighted by atomic mass is 35.5. The Bertz CT molecular complexity index is 2920. The maximum atomic E-state index is 14.0. The number of carboxylic acids is 1. The highest BCUT2D eigenvalue weighted by Crippen LogP contribution is 2.52. The van der Waals surface area contributed by atoms with Gasteiger partial charge in [0, 0.05) is 46.5 Å². The standard InChI is InChI=1S/C39H49NO8.C19H21NO5.ClH/c1-23(41)46-34-27-19-20-39(8,9)48-32(27)25-17-13-14-18-26(25)33(34)47-30(42)22-40-35(43)28(31(36(44)45)38(5,6)7)21-29(37(2,3)4)24-15-11-10-12-16-24;1-11(21)23-18-14-8-9-19(2,3)25-16(14)12-6-4-5-7-13(12)17(18)24-15(22)10-20;/h10-18,28-29,31H,19-22H2,1-9H3,(H,40,43)(H,44,45);4-7H,8-10,20H2,1-3H3;1H/p-1. The minimum atomic E-state index is -1.08. The van der Waals surface area contributed by atoms with E-state index in [4.69, 9.17) is 34.2 Å². The number of rotatable bonds is 13. The van der Waals surface area contributed by atoms with Gasteiger partial charge in [0.05, 0.1) is 18.4 Å². The van der Waals surface area contributed by atoms with Gasteiger partial charge in [-0.15, -0.1) is 0 Å². The number of carbonyl (C=O) groups excluding carboxylic acids is 5. The van der Waals surface area contributed by atoms with Gasteiger partial charge in [0.2, 0.25) is 5.91 Å². The molecule has 1 amide bonds. The van der Waals surface area contributed by atoms with Gasteiger partial charge in [-0.05, 0) is 82.1 Å². The van der Waals surface area contributed by atoms with Crippen LogP contribution >= 0.6 is 0 Å². The number of benzene rings is 5. The molecule has 0 bridgehead atoms. The first kappa shape index (κ1) is 58.2. The number of hydrogen-bond donors (Lipinski definition) is 3. The molecule has 74 heavy (non-hydrogen) atoms. The fourth-order valence-corrected chi connectivity index (χ4v) is 9.77. The minimum absolute atomic E-state index is 0. The average Bonchev–Trinajstić information content (AvgIpc) is 3.30. The van der Waals surface area contributed by atoms with E-state index in [2.05, 4.69) is 26.1 Å². The summed E-state index contributed by atoms with van der Waals surface area (Å²) in [5.74, 6) is -4.39. The highest BCUT2D eigenvalue weighted by molar-refractivity contribution is 6.01. The third-order valence-electron chi connectivity index (χ3n) is 13.2. The minimum Gasteiger partial charge on any atom is -1.00 e. The van der Waals surface area contributed by atoms with Crippen LogP contribution < -0.4 is 51.9 Å². The van der Waals surface area contributed by atoms with Crippen molar-refractivity contribution in [1.82, 2.24) is 5.32 Å². The lowest BCUT2D eigenvalue weighted by molar-refractivity contribution is -0.153. The topological polar surface area (TPSA) is 216 Å². The van der Waals surface area contributed by atoms with Crippen LogP contribution in [-0.4, -0.2) is 65.2 Å². The predicted molar refractivity (Wildman–Crippen MR) is 277 cm³/mol. The summed E-state index contributed by atoms with van der Waals surface area (Å²) in [5, 5.41) is 15.7. The van der Waals surface area contributed by atoms with Crippen molar-refractivity contribution in [2.75, 3.05) is 13.1 Å². The number of hydrogen-bond acceptors (Lipinski definition) is 13. The maximum absolute atomic E-state index is 14.0. The molecular formula is C58H70ClN2O13-. The lowest BCUT2D eigenvalue weighted by Crippen LogP contribution is -3.00. The van der Waals surface area contributed by atoms with E-state index in [0.717, 1.165) is 22.9 Å². The number of carboxylic acid groups (broad SMARTS) is 1. The number of carbonyl (C=O) groups is 6. The number of nitrogens with one attached hydrogen (secondary N) is 1. The molecule has 0 saturated heterocycles. The lowest BCUT2D eigenvalue weighted by atomic mass is 9.65. The Morgan fingerprint density at radius 1 is 0.622 bits per heavy atom. The van der Waals surface area contributed by atoms with Gasteiger partial charge in [0.15, 0.2) is 23.0 Å². The smallest absolute Gasteiger partial charge is 0.330 e. The Hall–Kier alpha value is -6.71. The van der Waals surface area contributed by atoms with Crippen molar-refractivity contribution in [2.24, 2.45) is 28.4 Å². The molecule has 0 radical (unpaired) electrons. The molecule has 2 heterocycles. The van der Waals surface area contributed by atoms with Crippen LogP contribution in [0.1, 0.15) is 125 Å². The SMILES string of the molecule is CC(=O)Oc1c2c(c3ccccc3c1OC(=O)CN)OC(C)(C)CC2.CC(=O)Oc1c2c(c3ccccc3c1OC(=O)CNC(=O)C(CC(c1ccccc1)C(C)(C)C)C(C(=O)O)C(C)(C)C)OC(C)(C)CC2.[Cl-]. The van der Waals surface area contributed by atoms with Crippen LogP contribution in [0.5, 0.6) is 34.5 Å². The van der Waals surface area contributed by atoms with Crippen molar-refractivity contribution in [3.63, 3.8) is 0 Å². The van der Waals surface area contributed by atoms with Crippen molar-refractivity contribution in [2.45, 2.75) is 132 Å². The fraction of sp³-hybridized carbons (Fsp3) is 0.448. The summed E-state index contributed by atoms with van der Waals surface area (Å²) in [7, 11) is 0. The van der Waals surface area contributed by atoms with Crippen molar-refractivity contribution < 1.29 is 74.7 Å². The molecule has 15 nitrogen and oxygen atoms in total. The van der Waals surface area contributed by atoms with Crippen LogP contribution in [0.3, 0.4) is 0 Å². The van der Waals surface area contributed by atoms with E-state index in [1.54, 1.807) is 39.0 Å². The summed E-state index contributed by atoms with van der Waals surface area (Å²) in [6.07, 6.45) is 2.82. The number of amides is 1. The fourth-order valence-electron chi connectivity index (χ4n) is 9.77. The summed E-state index contributed by atoms with van der Waals surface area (Å²) in [5.41, 5.74) is 5.91. The molecule has 5 aromatic carbocycles. The molecule has 16 heteroatoms. The normalized spacial score (nSPS) is 15.6. The van der Waals surface area contributed by atoms with E-state index in [9.17, 15) is 33.9 Å². The number of nitrogens with two attached hydrogens (primary N) is 1. The average molecular weight is 1040 g/mol. The molecule has 3 unspecified atom stereocenters. The molecule has 0 aromatic heterocycles. The molecular weight excluding hydrogens is 968 g/mol. The molecule has 3 atom stereocenters. The van der Waals surface area contributed by atoms with Gasteiger partial charge in [-0.3, -0.25) is 24.0 Å². The zero-order chi connectivity index (χ0) is 53.8. The van der Waals surface area contributed by atoms with Crippen LogP contribution in [-0.2, 0) is 41.6 Å². The second-order valence-electron chi connectivity index (χ2n) is 22.2. The van der Waals surface area contributed by atoms with Crippen molar-refractivity contribution >= 4 is 57.3 Å². The molecule has 0 spiro atoms. The molecule has 4 N–H and O–H groups in total. The summed E-state index contributed by atoms with van der Waals surface area (Å²) < 4.78 is 34.9. The highest BCUT2D eigenvalue weighted by Gasteiger charge is 2.45. The molecule has 7 rings (SSSR count). The van der Waals surface area contributed by atoms with E-state index in [1.165, 1.54) is 13.8 Å². The van der Waals surface area contributed by atoms with Crippen LogP contribution in [0.2, 0.25) is 0 Å². The lowest BCUT2D eigenvalue weighted by Gasteiger charge is -2.38. The number of aliphatic carboxylic acids is 1. The van der Waals surface area contributed by atoms with Crippen molar-refractivity contribution in [1.29, 1.82) is 0 Å². The molecule has 0 aliphatic carbocycles. The number of halogens is 1. The first-order chi connectivity index (χ1) is 34.1. The van der Waals surface area contributed by atoms with E-state index in [0.29, 0.717) is 52.5 Å². The van der Waals surface area contributed by atoms with E-state index < -0.39 is 65.2 Å². The molecule has 2 aliphatic rings. The Kier molecular flexibility index (Phi) is 18.3. The first-order valence-corrected chi connectivity index (χ1v) is 24.7. The van der Waals surface area contributed by atoms with Crippen molar-refractivity contribution in [3.8, 4) is 34.5 Å². The summed E-state index contributed by atoms with van der Waals surface area (Å²) in [4.78, 5) is 75.9. The zero-order valence-corrected chi connectivity index (χ0v) is 45.2.